The molecular weight excluding hydrogens is 377 g/mol. The Hall–Kier alpha value is -2.54. The van der Waals surface area contributed by atoms with Crippen molar-refractivity contribution in [3.8, 4) is 0 Å². The van der Waals surface area contributed by atoms with Gasteiger partial charge in [0.1, 0.15) is 0 Å². The number of hydrogen-bond acceptors (Lipinski definition) is 2. The van der Waals surface area contributed by atoms with Crippen LogP contribution in [-0.4, -0.2) is 12.8 Å². The lowest BCUT2D eigenvalue weighted by Crippen LogP contribution is -2.23. The Morgan fingerprint density at radius 3 is 2.00 bits per heavy atom. The molecule has 0 atom stereocenters. The van der Waals surface area contributed by atoms with Crippen LogP contribution in [0.2, 0.25) is 0 Å². The number of hydrogen-bond donors (Lipinski definition) is 0. The molecule has 1 aromatic heterocycles. The highest BCUT2D eigenvalue weighted by molar-refractivity contribution is 7.80. The summed E-state index contributed by atoms with van der Waals surface area (Å²) in [5, 5.41) is 6.21. The average molecular weight is 399 g/mol. The van der Waals surface area contributed by atoms with Gasteiger partial charge in [-0.15, -0.1) is 11.3 Å². The Bertz CT molecular complexity index is 971. The number of nitrogens with zero attached hydrogens (tertiary/aromatic N) is 1. The molecule has 3 heteroatoms. The second-order valence-electron chi connectivity index (χ2n) is 6.43. The van der Waals surface area contributed by atoms with Gasteiger partial charge in [-0.25, -0.2) is 0 Å². The van der Waals surface area contributed by atoms with Crippen molar-refractivity contribution in [1.29, 1.82) is 0 Å². The Labute approximate surface area is 172 Å². The molecule has 0 amide bonds. The van der Waals surface area contributed by atoms with Crippen molar-refractivity contribution in [2.45, 2.75) is 6.42 Å². The molecule has 4 rings (SSSR count). The van der Waals surface area contributed by atoms with Crippen LogP contribution in [0.4, 0.5) is 0 Å². The molecule has 4 aromatic rings. The molecule has 28 heavy (non-hydrogen) atoms. The van der Waals surface area contributed by atoms with Crippen LogP contribution >= 0.6 is 19.3 Å². The lowest BCUT2D eigenvalue weighted by atomic mass is 10.2. The zero-order valence-corrected chi connectivity index (χ0v) is 17.3. The van der Waals surface area contributed by atoms with Crippen molar-refractivity contribution in [2.24, 2.45) is 4.99 Å². The van der Waals surface area contributed by atoms with E-state index in [0.29, 0.717) is 0 Å². The third kappa shape index (κ3) is 4.65. The van der Waals surface area contributed by atoms with Crippen LogP contribution in [0, 0.1) is 0 Å². The molecule has 0 aliphatic heterocycles. The molecular formula is C25H22NPS. The highest BCUT2D eigenvalue weighted by atomic mass is 32.1. The van der Waals surface area contributed by atoms with Gasteiger partial charge in [0.2, 0.25) is 0 Å². The summed E-state index contributed by atoms with van der Waals surface area (Å²) in [5.74, 6) is 0. The molecule has 0 saturated heterocycles. The van der Waals surface area contributed by atoms with Gasteiger partial charge < -0.3 is 0 Å². The minimum Gasteiger partial charge on any atom is -0.292 e. The molecule has 0 spiro atoms. The van der Waals surface area contributed by atoms with Crippen molar-refractivity contribution in [3.63, 3.8) is 0 Å². The maximum absolute atomic E-state index is 4.74. The number of aliphatic imine (C=N–C) groups is 1. The van der Waals surface area contributed by atoms with Gasteiger partial charge in [-0.3, -0.25) is 4.99 Å². The van der Waals surface area contributed by atoms with Crippen LogP contribution in [0.5, 0.6) is 0 Å². The van der Waals surface area contributed by atoms with Gasteiger partial charge in [0.25, 0.3) is 0 Å². The number of benzene rings is 3. The first-order valence-electron chi connectivity index (χ1n) is 9.43. The number of rotatable bonds is 7. The lowest BCUT2D eigenvalue weighted by molar-refractivity contribution is 0.994. The van der Waals surface area contributed by atoms with Crippen molar-refractivity contribution < 1.29 is 0 Å². The molecule has 0 radical (unpaired) electrons. The van der Waals surface area contributed by atoms with E-state index in [1.54, 1.807) is 11.3 Å². The van der Waals surface area contributed by atoms with Gasteiger partial charge in [0.15, 0.2) is 0 Å². The second-order valence-corrected chi connectivity index (χ2v) is 9.65. The zero-order chi connectivity index (χ0) is 19.0. The normalized spacial score (nSPS) is 11.3. The lowest BCUT2D eigenvalue weighted by Gasteiger charge is -2.21. The van der Waals surface area contributed by atoms with Gasteiger partial charge in [0, 0.05) is 29.6 Å². The van der Waals surface area contributed by atoms with Gasteiger partial charge >= 0.3 is 0 Å². The molecule has 0 unspecified atom stereocenters. The van der Waals surface area contributed by atoms with E-state index in [0.717, 1.165) is 13.0 Å². The van der Waals surface area contributed by atoms with E-state index >= 15 is 0 Å². The maximum atomic E-state index is 4.74. The standard InChI is InChI=1S/C25H22NPS/c1-3-11-22(12-4-1)27(23-13-5-2-6-14-23)25-16-8-7-10-21(25)20-26-18-17-24-15-9-19-28-24/h1-16,19-20H,17-18H2. The molecule has 0 saturated carbocycles. The Morgan fingerprint density at radius 2 is 1.36 bits per heavy atom. The first-order chi connectivity index (χ1) is 13.9. The van der Waals surface area contributed by atoms with Gasteiger partial charge in [-0.1, -0.05) is 91.0 Å². The summed E-state index contributed by atoms with van der Waals surface area (Å²) < 4.78 is 0. The molecule has 0 fully saturated rings. The smallest absolute Gasteiger partial charge is 0.0437 e. The molecule has 0 aliphatic carbocycles. The van der Waals surface area contributed by atoms with Crippen LogP contribution in [0.1, 0.15) is 10.4 Å². The van der Waals surface area contributed by atoms with E-state index < -0.39 is 7.92 Å². The molecule has 1 nitrogen and oxygen atoms in total. The third-order valence-corrected chi connectivity index (χ3v) is 7.96. The van der Waals surface area contributed by atoms with Crippen molar-refractivity contribution in [1.82, 2.24) is 0 Å². The summed E-state index contributed by atoms with van der Waals surface area (Å²) in [4.78, 5) is 6.13. The van der Waals surface area contributed by atoms with E-state index in [1.165, 1.54) is 26.4 Å². The summed E-state index contributed by atoms with van der Waals surface area (Å²) in [5.41, 5.74) is 1.22. The van der Waals surface area contributed by atoms with Crippen LogP contribution in [0.3, 0.4) is 0 Å². The van der Waals surface area contributed by atoms with E-state index in [2.05, 4.69) is 109 Å². The van der Waals surface area contributed by atoms with E-state index in [4.69, 9.17) is 4.99 Å². The zero-order valence-electron chi connectivity index (χ0n) is 15.6. The van der Waals surface area contributed by atoms with Crippen molar-refractivity contribution >= 4 is 41.4 Å². The fraction of sp³-hybridized carbons (Fsp3) is 0.0800. The third-order valence-electron chi connectivity index (χ3n) is 4.50. The quantitative estimate of drug-likeness (QED) is 0.300. The molecule has 3 aromatic carbocycles. The van der Waals surface area contributed by atoms with E-state index in [1.807, 2.05) is 0 Å². The molecule has 0 N–H and O–H groups in total. The monoisotopic (exact) mass is 399 g/mol. The van der Waals surface area contributed by atoms with Gasteiger partial charge in [0.05, 0.1) is 0 Å². The predicted octanol–water partition coefficient (Wildman–Crippen LogP) is 5.17. The summed E-state index contributed by atoms with van der Waals surface area (Å²) in [6.45, 7) is 0.823. The summed E-state index contributed by atoms with van der Waals surface area (Å²) >= 11 is 1.80. The molecule has 138 valence electrons. The molecule has 0 aliphatic rings. The van der Waals surface area contributed by atoms with Crippen LogP contribution in [0.15, 0.2) is 107 Å². The van der Waals surface area contributed by atoms with Crippen LogP contribution in [-0.2, 0) is 6.42 Å². The minimum atomic E-state index is -0.613. The largest absolute Gasteiger partial charge is 0.292 e. The maximum Gasteiger partial charge on any atom is 0.0437 e. The summed E-state index contributed by atoms with van der Waals surface area (Å²) in [7, 11) is -0.613. The van der Waals surface area contributed by atoms with Gasteiger partial charge in [-0.05, 0) is 35.3 Å². The fourth-order valence-corrected chi connectivity index (χ4v) is 6.29. The second kappa shape index (κ2) is 9.59. The first-order valence-corrected chi connectivity index (χ1v) is 11.7. The van der Waals surface area contributed by atoms with Gasteiger partial charge in [-0.2, -0.15) is 0 Å². The Kier molecular flexibility index (Phi) is 6.44. The fourth-order valence-electron chi connectivity index (χ4n) is 3.17. The molecule has 0 bridgehead atoms. The average Bonchev–Trinajstić information content (AvgIpc) is 3.28. The first kappa shape index (κ1) is 18.8. The highest BCUT2D eigenvalue weighted by Gasteiger charge is 2.18. The SMILES string of the molecule is C(=NCCc1cccs1)c1ccccc1P(c1ccccc1)c1ccccc1. The summed E-state index contributed by atoms with van der Waals surface area (Å²) in [6, 6.07) is 34.6. The Balaban J connectivity index is 1.65. The summed E-state index contributed by atoms with van der Waals surface area (Å²) in [6.07, 6.45) is 3.06. The Morgan fingerprint density at radius 1 is 0.714 bits per heavy atom. The van der Waals surface area contributed by atoms with Crippen LogP contribution in [0.25, 0.3) is 0 Å². The predicted molar refractivity (Wildman–Crippen MR) is 126 cm³/mol. The highest BCUT2D eigenvalue weighted by Crippen LogP contribution is 2.33. The topological polar surface area (TPSA) is 12.4 Å². The minimum absolute atomic E-state index is 0.613. The molecule has 1 heterocycles. The van der Waals surface area contributed by atoms with Crippen molar-refractivity contribution in [3.05, 3.63) is 113 Å². The van der Waals surface area contributed by atoms with Crippen molar-refractivity contribution in [2.75, 3.05) is 6.54 Å². The van der Waals surface area contributed by atoms with Crippen LogP contribution < -0.4 is 15.9 Å². The van der Waals surface area contributed by atoms with E-state index in [9.17, 15) is 0 Å². The number of thiophene rings is 1. The van der Waals surface area contributed by atoms with E-state index in [-0.39, 0.29) is 0 Å².